The molecule has 110 valence electrons. The Hall–Kier alpha value is -1.74. The highest BCUT2D eigenvalue weighted by molar-refractivity contribution is 5.97. The summed E-state index contributed by atoms with van der Waals surface area (Å²) in [6.45, 7) is 2.35. The number of benzene rings is 1. The first-order valence-corrected chi connectivity index (χ1v) is 7.70. The minimum absolute atomic E-state index is 0.114. The molecule has 1 atom stereocenters. The predicted molar refractivity (Wildman–Crippen MR) is 82.3 cm³/mol. The molecule has 1 fully saturated rings. The van der Waals surface area contributed by atoms with Crippen LogP contribution in [-0.2, 0) is 4.79 Å². The SMILES string of the molecule is O=C1C=CC2(CCCN(CC(=O)c3ccccc3)C2)CC1. The van der Waals surface area contributed by atoms with Gasteiger partial charge in [-0.15, -0.1) is 0 Å². The van der Waals surface area contributed by atoms with Gasteiger partial charge in [0.2, 0.25) is 0 Å². The minimum Gasteiger partial charge on any atom is -0.295 e. The van der Waals surface area contributed by atoms with Gasteiger partial charge in [0.1, 0.15) is 0 Å². The van der Waals surface area contributed by atoms with Crippen LogP contribution in [0.1, 0.15) is 36.0 Å². The van der Waals surface area contributed by atoms with Crippen LogP contribution in [0.4, 0.5) is 0 Å². The fourth-order valence-electron chi connectivity index (χ4n) is 3.46. The van der Waals surface area contributed by atoms with Crippen LogP contribution in [0.3, 0.4) is 0 Å². The molecular formula is C18H21NO2. The van der Waals surface area contributed by atoms with Crippen molar-refractivity contribution in [1.29, 1.82) is 0 Å². The molecule has 1 aliphatic heterocycles. The number of nitrogens with zero attached hydrogens (tertiary/aromatic N) is 1. The normalized spacial score (nSPS) is 26.2. The molecule has 1 spiro atoms. The molecule has 1 saturated heterocycles. The summed E-state index contributed by atoms with van der Waals surface area (Å²) >= 11 is 0. The molecule has 0 amide bonds. The van der Waals surface area contributed by atoms with Crippen LogP contribution in [0, 0.1) is 5.41 Å². The number of likely N-dealkylation sites (tertiary alicyclic amines) is 1. The van der Waals surface area contributed by atoms with E-state index in [1.165, 1.54) is 0 Å². The Bertz CT molecular complexity index is 564. The van der Waals surface area contributed by atoms with Gasteiger partial charge in [0.25, 0.3) is 0 Å². The molecular weight excluding hydrogens is 262 g/mol. The average molecular weight is 283 g/mol. The van der Waals surface area contributed by atoms with E-state index in [0.717, 1.165) is 37.9 Å². The molecule has 3 nitrogen and oxygen atoms in total. The summed E-state index contributed by atoms with van der Waals surface area (Å²) in [4.78, 5) is 26.0. The molecule has 1 aromatic carbocycles. The van der Waals surface area contributed by atoms with E-state index >= 15 is 0 Å². The molecule has 1 heterocycles. The molecule has 21 heavy (non-hydrogen) atoms. The molecule has 2 aliphatic rings. The smallest absolute Gasteiger partial charge is 0.176 e. The molecule has 0 N–H and O–H groups in total. The van der Waals surface area contributed by atoms with Crippen molar-refractivity contribution in [2.24, 2.45) is 5.41 Å². The topological polar surface area (TPSA) is 37.4 Å². The lowest BCUT2D eigenvalue weighted by atomic mass is 9.73. The Morgan fingerprint density at radius 1 is 1.19 bits per heavy atom. The van der Waals surface area contributed by atoms with Gasteiger partial charge < -0.3 is 0 Å². The number of carbonyl (C=O) groups is 2. The van der Waals surface area contributed by atoms with Crippen LogP contribution in [0.2, 0.25) is 0 Å². The number of carbonyl (C=O) groups excluding carboxylic acids is 2. The summed E-state index contributed by atoms with van der Waals surface area (Å²) in [5.74, 6) is 0.418. The summed E-state index contributed by atoms with van der Waals surface area (Å²) in [6, 6.07) is 9.49. The third-order valence-electron chi connectivity index (χ3n) is 4.64. The Labute approximate surface area is 125 Å². The number of hydrogen-bond acceptors (Lipinski definition) is 3. The number of hydrogen-bond donors (Lipinski definition) is 0. The maximum Gasteiger partial charge on any atom is 0.176 e. The predicted octanol–water partition coefficient (Wildman–Crippen LogP) is 2.87. The monoisotopic (exact) mass is 283 g/mol. The highest BCUT2D eigenvalue weighted by atomic mass is 16.1. The quantitative estimate of drug-likeness (QED) is 0.800. The Kier molecular flexibility index (Phi) is 4.02. The second kappa shape index (κ2) is 5.94. The van der Waals surface area contributed by atoms with Crippen LogP contribution in [0.25, 0.3) is 0 Å². The van der Waals surface area contributed by atoms with Gasteiger partial charge in [0.05, 0.1) is 6.54 Å². The van der Waals surface area contributed by atoms with Crippen molar-refractivity contribution in [3.63, 3.8) is 0 Å². The molecule has 0 radical (unpaired) electrons. The molecule has 3 rings (SSSR count). The molecule has 1 unspecified atom stereocenters. The van der Waals surface area contributed by atoms with Crippen molar-refractivity contribution in [3.8, 4) is 0 Å². The second-order valence-electron chi connectivity index (χ2n) is 6.27. The standard InChI is InChI=1S/C18H21NO2/c20-16-7-10-18(11-8-16)9-4-12-19(14-18)13-17(21)15-5-2-1-3-6-15/h1-3,5-7,10H,4,8-9,11-14H2. The lowest BCUT2D eigenvalue weighted by Crippen LogP contribution is -2.45. The highest BCUT2D eigenvalue weighted by Gasteiger charge is 2.35. The van der Waals surface area contributed by atoms with Gasteiger partial charge in [-0.2, -0.15) is 0 Å². The van der Waals surface area contributed by atoms with E-state index in [0.29, 0.717) is 13.0 Å². The summed E-state index contributed by atoms with van der Waals surface area (Å²) in [6.07, 6.45) is 7.65. The van der Waals surface area contributed by atoms with Gasteiger partial charge >= 0.3 is 0 Å². The first kappa shape index (κ1) is 14.2. The zero-order valence-electron chi connectivity index (χ0n) is 12.3. The molecule has 3 heteroatoms. The van der Waals surface area contributed by atoms with Crippen LogP contribution >= 0.6 is 0 Å². The Balaban J connectivity index is 1.66. The Morgan fingerprint density at radius 2 is 2.00 bits per heavy atom. The minimum atomic E-state index is 0.114. The largest absolute Gasteiger partial charge is 0.295 e. The van der Waals surface area contributed by atoms with Gasteiger partial charge in [-0.25, -0.2) is 0 Å². The van der Waals surface area contributed by atoms with E-state index in [1.54, 1.807) is 6.08 Å². The summed E-state index contributed by atoms with van der Waals surface area (Å²) in [7, 11) is 0. The number of allylic oxidation sites excluding steroid dienone is 1. The van der Waals surface area contributed by atoms with E-state index in [9.17, 15) is 9.59 Å². The van der Waals surface area contributed by atoms with Crippen molar-refractivity contribution < 1.29 is 9.59 Å². The van der Waals surface area contributed by atoms with Crippen molar-refractivity contribution in [2.75, 3.05) is 19.6 Å². The molecule has 1 aliphatic carbocycles. The highest BCUT2D eigenvalue weighted by Crippen LogP contribution is 2.38. The van der Waals surface area contributed by atoms with Crippen LogP contribution in [0.5, 0.6) is 0 Å². The number of rotatable bonds is 3. The first-order chi connectivity index (χ1) is 10.2. The van der Waals surface area contributed by atoms with Crippen LogP contribution in [0.15, 0.2) is 42.5 Å². The molecule has 0 aromatic heterocycles. The van der Waals surface area contributed by atoms with Gasteiger partial charge in [-0.1, -0.05) is 36.4 Å². The maximum atomic E-state index is 12.3. The third-order valence-corrected chi connectivity index (χ3v) is 4.64. The van der Waals surface area contributed by atoms with Crippen molar-refractivity contribution in [1.82, 2.24) is 4.90 Å². The van der Waals surface area contributed by atoms with Gasteiger partial charge in [-0.05, 0) is 31.9 Å². The summed E-state index contributed by atoms with van der Waals surface area (Å²) in [5, 5.41) is 0. The van der Waals surface area contributed by atoms with Crippen molar-refractivity contribution >= 4 is 11.6 Å². The third kappa shape index (κ3) is 3.30. The van der Waals surface area contributed by atoms with E-state index < -0.39 is 0 Å². The van der Waals surface area contributed by atoms with Crippen molar-refractivity contribution in [3.05, 3.63) is 48.0 Å². The molecule has 0 bridgehead atoms. The zero-order chi connectivity index (χ0) is 14.7. The number of piperidine rings is 1. The van der Waals surface area contributed by atoms with E-state index in [-0.39, 0.29) is 17.0 Å². The first-order valence-electron chi connectivity index (χ1n) is 7.70. The van der Waals surface area contributed by atoms with Crippen molar-refractivity contribution in [2.45, 2.75) is 25.7 Å². The summed E-state index contributed by atoms with van der Waals surface area (Å²) in [5.41, 5.74) is 0.898. The van der Waals surface area contributed by atoms with Crippen LogP contribution in [-0.4, -0.2) is 36.1 Å². The van der Waals surface area contributed by atoms with Gasteiger partial charge in [0, 0.05) is 23.9 Å². The average Bonchev–Trinajstić information content (AvgIpc) is 2.52. The van der Waals surface area contributed by atoms with Gasteiger partial charge in [-0.3, -0.25) is 14.5 Å². The molecule has 0 saturated carbocycles. The summed E-state index contributed by atoms with van der Waals surface area (Å²) < 4.78 is 0. The lowest BCUT2D eigenvalue weighted by molar-refractivity contribution is -0.115. The number of ketones is 2. The molecule has 1 aromatic rings. The fourth-order valence-corrected chi connectivity index (χ4v) is 3.46. The fraction of sp³-hybridized carbons (Fsp3) is 0.444. The van der Waals surface area contributed by atoms with Crippen LogP contribution < -0.4 is 0 Å². The lowest BCUT2D eigenvalue weighted by Gasteiger charge is -2.42. The Morgan fingerprint density at radius 3 is 2.71 bits per heavy atom. The van der Waals surface area contributed by atoms with E-state index in [2.05, 4.69) is 11.0 Å². The zero-order valence-corrected chi connectivity index (χ0v) is 12.3. The van der Waals surface area contributed by atoms with E-state index in [1.807, 2.05) is 30.3 Å². The van der Waals surface area contributed by atoms with Gasteiger partial charge in [0.15, 0.2) is 11.6 Å². The van der Waals surface area contributed by atoms with E-state index in [4.69, 9.17) is 0 Å². The maximum absolute atomic E-state index is 12.3. The number of Topliss-reactive ketones (excluding diaryl/α,β-unsaturated/α-hetero) is 1. The second-order valence-corrected chi connectivity index (χ2v) is 6.27.